The zero-order valence-corrected chi connectivity index (χ0v) is 19.3. The van der Waals surface area contributed by atoms with E-state index in [1.54, 1.807) is 42.5 Å². The third-order valence-electron chi connectivity index (χ3n) is 5.63. The highest BCUT2D eigenvalue weighted by Crippen LogP contribution is 2.22. The minimum atomic E-state index is -3.62. The van der Waals surface area contributed by atoms with E-state index in [9.17, 15) is 13.2 Å². The molecule has 0 bridgehead atoms. The predicted octanol–water partition coefficient (Wildman–Crippen LogP) is 4.16. The van der Waals surface area contributed by atoms with Gasteiger partial charge in [0, 0.05) is 43.6 Å². The smallest absolute Gasteiger partial charge is 0.261 e. The SMILES string of the molecule is Cc1ccc(S(=O)(=O)Nc2ccc(N3CCN(C(=O)C=Cc4ccccc4)CC3)cc2)cc1. The van der Waals surface area contributed by atoms with E-state index >= 15 is 0 Å². The van der Waals surface area contributed by atoms with E-state index in [-0.39, 0.29) is 10.8 Å². The van der Waals surface area contributed by atoms with Gasteiger partial charge in [-0.2, -0.15) is 0 Å². The Kier molecular flexibility index (Phi) is 6.79. The van der Waals surface area contributed by atoms with Crippen molar-refractivity contribution in [2.24, 2.45) is 0 Å². The second-order valence-corrected chi connectivity index (χ2v) is 9.70. The van der Waals surface area contributed by atoms with Crippen LogP contribution in [0.1, 0.15) is 11.1 Å². The number of sulfonamides is 1. The van der Waals surface area contributed by atoms with Crippen molar-refractivity contribution >= 4 is 33.4 Å². The number of carbonyl (C=O) groups excluding carboxylic acids is 1. The molecule has 4 rings (SSSR count). The van der Waals surface area contributed by atoms with Gasteiger partial charge in [0.05, 0.1) is 4.90 Å². The highest BCUT2D eigenvalue weighted by atomic mass is 32.2. The van der Waals surface area contributed by atoms with Crippen molar-refractivity contribution < 1.29 is 13.2 Å². The summed E-state index contributed by atoms with van der Waals surface area (Å²) < 4.78 is 27.8. The van der Waals surface area contributed by atoms with Crippen LogP contribution in [0.5, 0.6) is 0 Å². The van der Waals surface area contributed by atoms with Crippen LogP contribution in [0.25, 0.3) is 6.08 Å². The molecule has 3 aromatic carbocycles. The largest absolute Gasteiger partial charge is 0.368 e. The molecule has 3 aromatic rings. The van der Waals surface area contributed by atoms with Crippen LogP contribution in [0.3, 0.4) is 0 Å². The fourth-order valence-electron chi connectivity index (χ4n) is 3.69. The summed E-state index contributed by atoms with van der Waals surface area (Å²) in [5, 5.41) is 0. The van der Waals surface area contributed by atoms with Crippen LogP contribution in [-0.4, -0.2) is 45.4 Å². The number of rotatable bonds is 6. The first-order valence-corrected chi connectivity index (χ1v) is 12.4. The minimum Gasteiger partial charge on any atom is -0.368 e. The van der Waals surface area contributed by atoms with Crippen molar-refractivity contribution in [3.63, 3.8) is 0 Å². The van der Waals surface area contributed by atoms with Crippen LogP contribution in [0.15, 0.2) is 89.8 Å². The molecule has 1 amide bonds. The summed E-state index contributed by atoms with van der Waals surface area (Å²) in [5.74, 6) is 0.0133. The van der Waals surface area contributed by atoms with Crippen molar-refractivity contribution in [2.75, 3.05) is 35.8 Å². The van der Waals surface area contributed by atoms with Crippen LogP contribution in [0.2, 0.25) is 0 Å². The normalized spacial score (nSPS) is 14.5. The Morgan fingerprint density at radius 1 is 0.848 bits per heavy atom. The van der Waals surface area contributed by atoms with Gasteiger partial charge in [-0.05, 0) is 55.0 Å². The van der Waals surface area contributed by atoms with Crippen LogP contribution >= 0.6 is 0 Å². The quantitative estimate of drug-likeness (QED) is 0.560. The summed E-state index contributed by atoms with van der Waals surface area (Å²) in [7, 11) is -3.62. The molecule has 1 heterocycles. The molecule has 0 spiro atoms. The Bertz CT molecular complexity index is 1210. The number of aryl methyl sites for hydroxylation is 1. The zero-order valence-electron chi connectivity index (χ0n) is 18.5. The molecule has 0 atom stereocenters. The van der Waals surface area contributed by atoms with Crippen molar-refractivity contribution in [3.05, 3.63) is 96.1 Å². The molecule has 1 N–H and O–H groups in total. The first kappa shape index (κ1) is 22.6. The number of piperazine rings is 1. The molecule has 0 unspecified atom stereocenters. The molecular formula is C26H27N3O3S. The molecule has 7 heteroatoms. The van der Waals surface area contributed by atoms with Gasteiger partial charge in [0.2, 0.25) is 5.91 Å². The van der Waals surface area contributed by atoms with Crippen molar-refractivity contribution in [2.45, 2.75) is 11.8 Å². The minimum absolute atomic E-state index is 0.0133. The average Bonchev–Trinajstić information content (AvgIpc) is 2.84. The summed E-state index contributed by atoms with van der Waals surface area (Å²) in [5.41, 5.74) is 3.52. The van der Waals surface area contributed by atoms with E-state index in [4.69, 9.17) is 0 Å². The summed E-state index contributed by atoms with van der Waals surface area (Å²) in [6.07, 6.45) is 3.46. The van der Waals surface area contributed by atoms with E-state index < -0.39 is 10.0 Å². The Morgan fingerprint density at radius 2 is 1.48 bits per heavy atom. The van der Waals surface area contributed by atoms with Crippen LogP contribution in [0, 0.1) is 6.92 Å². The molecule has 1 aliphatic heterocycles. The van der Waals surface area contributed by atoms with Crippen LogP contribution in [-0.2, 0) is 14.8 Å². The Balaban J connectivity index is 1.32. The van der Waals surface area contributed by atoms with Gasteiger partial charge in [0.1, 0.15) is 0 Å². The van der Waals surface area contributed by atoms with Crippen molar-refractivity contribution in [1.82, 2.24) is 4.90 Å². The number of hydrogen-bond donors (Lipinski definition) is 1. The third-order valence-corrected chi connectivity index (χ3v) is 7.02. The molecule has 0 aromatic heterocycles. The lowest BCUT2D eigenvalue weighted by Gasteiger charge is -2.35. The predicted molar refractivity (Wildman–Crippen MR) is 133 cm³/mol. The van der Waals surface area contributed by atoms with Gasteiger partial charge < -0.3 is 9.80 Å². The highest BCUT2D eigenvalue weighted by molar-refractivity contribution is 7.92. The second-order valence-electron chi connectivity index (χ2n) is 8.02. The molecule has 170 valence electrons. The molecule has 1 fully saturated rings. The van der Waals surface area contributed by atoms with Gasteiger partial charge in [0.25, 0.3) is 10.0 Å². The molecule has 6 nitrogen and oxygen atoms in total. The first-order valence-electron chi connectivity index (χ1n) is 10.9. The van der Waals surface area contributed by atoms with Crippen molar-refractivity contribution in [1.29, 1.82) is 0 Å². The van der Waals surface area contributed by atoms with Gasteiger partial charge in [-0.3, -0.25) is 9.52 Å². The van der Waals surface area contributed by atoms with Gasteiger partial charge in [-0.1, -0.05) is 48.0 Å². The molecule has 33 heavy (non-hydrogen) atoms. The third kappa shape index (κ3) is 5.81. The Hall–Kier alpha value is -3.58. The number of nitrogens with one attached hydrogen (secondary N) is 1. The molecule has 0 saturated carbocycles. The van der Waals surface area contributed by atoms with Crippen molar-refractivity contribution in [3.8, 4) is 0 Å². The van der Waals surface area contributed by atoms with E-state index in [0.717, 1.165) is 29.9 Å². The number of carbonyl (C=O) groups is 1. The maximum absolute atomic E-state index is 12.6. The Labute approximate surface area is 195 Å². The lowest BCUT2D eigenvalue weighted by molar-refractivity contribution is -0.126. The fourth-order valence-corrected chi connectivity index (χ4v) is 4.75. The van der Waals surface area contributed by atoms with E-state index in [1.165, 1.54) is 0 Å². The molecule has 1 aliphatic rings. The topological polar surface area (TPSA) is 69.7 Å². The molecular weight excluding hydrogens is 434 g/mol. The maximum Gasteiger partial charge on any atom is 0.261 e. The summed E-state index contributed by atoms with van der Waals surface area (Å²) in [6.45, 7) is 4.64. The summed E-state index contributed by atoms with van der Waals surface area (Å²) >= 11 is 0. The second kappa shape index (κ2) is 9.92. The first-order chi connectivity index (χ1) is 15.9. The molecule has 0 radical (unpaired) electrons. The standard InChI is InChI=1S/C26H27N3O3S/c1-21-7-14-25(15-8-21)33(31,32)27-23-10-12-24(13-11-23)28-17-19-29(20-18-28)26(30)16-9-22-5-3-2-4-6-22/h2-16,27H,17-20H2,1H3. The van der Waals surface area contributed by atoms with Crippen LogP contribution in [0.4, 0.5) is 11.4 Å². The fraction of sp³-hybridized carbons (Fsp3) is 0.192. The average molecular weight is 462 g/mol. The van der Waals surface area contributed by atoms with Crippen LogP contribution < -0.4 is 9.62 Å². The van der Waals surface area contributed by atoms with E-state index in [2.05, 4.69) is 9.62 Å². The number of amides is 1. The lowest BCUT2D eigenvalue weighted by Crippen LogP contribution is -2.48. The monoisotopic (exact) mass is 461 g/mol. The van der Waals surface area contributed by atoms with Gasteiger partial charge in [-0.25, -0.2) is 8.42 Å². The van der Waals surface area contributed by atoms with Gasteiger partial charge in [0.15, 0.2) is 0 Å². The number of benzene rings is 3. The van der Waals surface area contributed by atoms with E-state index in [1.807, 2.05) is 60.4 Å². The summed E-state index contributed by atoms with van der Waals surface area (Å²) in [6, 6.07) is 23.9. The molecule has 0 aliphatic carbocycles. The number of nitrogens with zero attached hydrogens (tertiary/aromatic N) is 2. The number of hydrogen-bond acceptors (Lipinski definition) is 4. The Morgan fingerprint density at radius 3 is 2.12 bits per heavy atom. The van der Waals surface area contributed by atoms with Gasteiger partial charge in [-0.15, -0.1) is 0 Å². The van der Waals surface area contributed by atoms with Gasteiger partial charge >= 0.3 is 0 Å². The zero-order chi connectivity index (χ0) is 23.3. The molecule has 1 saturated heterocycles. The number of anilines is 2. The lowest BCUT2D eigenvalue weighted by atomic mass is 10.2. The summed E-state index contributed by atoms with van der Waals surface area (Å²) in [4.78, 5) is 16.8. The maximum atomic E-state index is 12.6. The highest BCUT2D eigenvalue weighted by Gasteiger charge is 2.20. The van der Waals surface area contributed by atoms with E-state index in [0.29, 0.717) is 18.8 Å².